The van der Waals surface area contributed by atoms with E-state index in [1.54, 1.807) is 0 Å². The van der Waals surface area contributed by atoms with Crippen LogP contribution < -0.4 is 11.1 Å². The lowest BCUT2D eigenvalue weighted by Gasteiger charge is -2.32. The Kier molecular flexibility index (Phi) is 2.92. The Balaban J connectivity index is 2.39. The number of hydrogen-bond donors (Lipinski definition) is 3. The minimum absolute atomic E-state index is 0.0994. The van der Waals surface area contributed by atoms with Gasteiger partial charge in [-0.3, -0.25) is 0 Å². The minimum Gasteiger partial charge on any atom is -0.465 e. The number of nitrogens with one attached hydrogen (secondary N) is 1. The lowest BCUT2D eigenvalue weighted by Crippen LogP contribution is -2.45. The zero-order chi connectivity index (χ0) is 9.14. The van der Waals surface area contributed by atoms with Crippen LogP contribution in [0.5, 0.6) is 0 Å². The third kappa shape index (κ3) is 2.37. The Bertz CT molecular complexity index is 172. The molecule has 0 heterocycles. The summed E-state index contributed by atoms with van der Waals surface area (Å²) in [6.45, 7) is 2.04. The molecule has 0 aromatic heterocycles. The van der Waals surface area contributed by atoms with E-state index < -0.39 is 6.09 Å². The molecule has 0 aliphatic heterocycles. The fourth-order valence-corrected chi connectivity index (χ4v) is 1.81. The molecule has 0 saturated heterocycles. The third-order valence-corrected chi connectivity index (χ3v) is 2.52. The molecule has 1 aliphatic carbocycles. The minimum atomic E-state index is -0.928. The third-order valence-electron chi connectivity index (χ3n) is 2.52. The largest absolute Gasteiger partial charge is 0.465 e. The Morgan fingerprint density at radius 3 is 2.75 bits per heavy atom. The van der Waals surface area contributed by atoms with Gasteiger partial charge in [0.05, 0.1) is 0 Å². The van der Waals surface area contributed by atoms with Crippen LogP contribution in [0.2, 0.25) is 0 Å². The van der Waals surface area contributed by atoms with Crippen molar-refractivity contribution in [3.63, 3.8) is 0 Å². The van der Waals surface area contributed by atoms with E-state index >= 15 is 0 Å². The molecule has 0 spiro atoms. The second-order valence-electron chi connectivity index (χ2n) is 3.61. The number of rotatable bonds is 1. The summed E-state index contributed by atoms with van der Waals surface area (Å²) in [5.74, 6) is 0.366. The maximum atomic E-state index is 10.4. The van der Waals surface area contributed by atoms with Gasteiger partial charge in [-0.2, -0.15) is 0 Å². The summed E-state index contributed by atoms with van der Waals surface area (Å²) in [5, 5.41) is 11.0. The van der Waals surface area contributed by atoms with Gasteiger partial charge in [-0.15, -0.1) is 0 Å². The zero-order valence-corrected chi connectivity index (χ0v) is 7.29. The van der Waals surface area contributed by atoms with Crippen molar-refractivity contribution < 1.29 is 9.90 Å². The fourth-order valence-electron chi connectivity index (χ4n) is 1.81. The summed E-state index contributed by atoms with van der Waals surface area (Å²) >= 11 is 0. The summed E-state index contributed by atoms with van der Waals surface area (Å²) < 4.78 is 0. The van der Waals surface area contributed by atoms with Crippen molar-refractivity contribution in [2.24, 2.45) is 11.7 Å². The van der Waals surface area contributed by atoms with E-state index in [1.807, 2.05) is 6.92 Å². The molecule has 4 nitrogen and oxygen atoms in total. The van der Waals surface area contributed by atoms with Crippen molar-refractivity contribution in [2.75, 3.05) is 0 Å². The number of amides is 1. The number of carboxylic acid groups (broad SMARTS) is 1. The highest BCUT2D eigenvalue weighted by molar-refractivity contribution is 5.64. The molecular weight excluding hydrogens is 156 g/mol. The van der Waals surface area contributed by atoms with Crippen LogP contribution >= 0.6 is 0 Å². The van der Waals surface area contributed by atoms with E-state index in [0.717, 1.165) is 19.3 Å². The van der Waals surface area contributed by atoms with E-state index in [2.05, 4.69) is 5.32 Å². The summed E-state index contributed by atoms with van der Waals surface area (Å²) in [7, 11) is 0. The monoisotopic (exact) mass is 172 g/mol. The summed E-state index contributed by atoms with van der Waals surface area (Å²) in [5.41, 5.74) is 5.74. The smallest absolute Gasteiger partial charge is 0.404 e. The predicted molar refractivity (Wildman–Crippen MR) is 45.9 cm³/mol. The average Bonchev–Trinajstić information content (AvgIpc) is 1.94. The first-order valence-electron chi connectivity index (χ1n) is 4.34. The first-order valence-corrected chi connectivity index (χ1v) is 4.34. The second-order valence-corrected chi connectivity index (χ2v) is 3.61. The van der Waals surface area contributed by atoms with Crippen molar-refractivity contribution in [1.82, 2.24) is 5.32 Å². The average molecular weight is 172 g/mol. The van der Waals surface area contributed by atoms with Gasteiger partial charge in [-0.25, -0.2) is 4.79 Å². The highest BCUT2D eigenvalue weighted by Gasteiger charge is 2.26. The first-order chi connectivity index (χ1) is 5.59. The quantitative estimate of drug-likeness (QED) is 0.547. The van der Waals surface area contributed by atoms with Crippen LogP contribution in [0.25, 0.3) is 0 Å². The number of nitrogens with two attached hydrogens (primary N) is 1. The van der Waals surface area contributed by atoms with Crippen LogP contribution in [0, 0.1) is 5.92 Å². The SMILES string of the molecule is C[C@@H]1C[C@H](N)CC[C@H]1NC(=O)O. The number of carbonyl (C=O) groups is 1. The Hall–Kier alpha value is -0.770. The zero-order valence-electron chi connectivity index (χ0n) is 7.29. The topological polar surface area (TPSA) is 75.3 Å². The lowest BCUT2D eigenvalue weighted by atomic mass is 9.83. The van der Waals surface area contributed by atoms with Crippen molar-refractivity contribution in [3.8, 4) is 0 Å². The predicted octanol–water partition coefficient (Wildman–Crippen LogP) is 0.770. The number of hydrogen-bond acceptors (Lipinski definition) is 2. The molecule has 3 atom stereocenters. The van der Waals surface area contributed by atoms with E-state index in [9.17, 15) is 4.79 Å². The van der Waals surface area contributed by atoms with Gasteiger partial charge in [0.25, 0.3) is 0 Å². The van der Waals surface area contributed by atoms with Gasteiger partial charge in [0, 0.05) is 12.1 Å². The van der Waals surface area contributed by atoms with Gasteiger partial charge in [0.2, 0.25) is 0 Å². The summed E-state index contributed by atoms with van der Waals surface area (Å²) in [4.78, 5) is 10.4. The molecule has 1 aliphatic rings. The van der Waals surface area contributed by atoms with Crippen molar-refractivity contribution >= 4 is 6.09 Å². The van der Waals surface area contributed by atoms with Crippen LogP contribution in [0.15, 0.2) is 0 Å². The van der Waals surface area contributed by atoms with Crippen molar-refractivity contribution in [3.05, 3.63) is 0 Å². The normalized spacial score (nSPS) is 36.0. The Morgan fingerprint density at radius 2 is 2.25 bits per heavy atom. The Labute approximate surface area is 72.1 Å². The summed E-state index contributed by atoms with van der Waals surface area (Å²) in [6, 6.07) is 0.356. The molecule has 1 amide bonds. The maximum absolute atomic E-state index is 10.4. The van der Waals surface area contributed by atoms with Gasteiger partial charge in [0.1, 0.15) is 0 Å². The van der Waals surface area contributed by atoms with Gasteiger partial charge in [-0.1, -0.05) is 6.92 Å². The molecule has 70 valence electrons. The maximum Gasteiger partial charge on any atom is 0.404 e. The van der Waals surface area contributed by atoms with E-state index in [-0.39, 0.29) is 12.1 Å². The molecule has 1 fully saturated rings. The van der Waals surface area contributed by atoms with Crippen molar-refractivity contribution in [2.45, 2.75) is 38.3 Å². The molecule has 0 aromatic rings. The molecular formula is C8H16N2O2. The molecule has 1 rings (SSSR count). The fraction of sp³-hybridized carbons (Fsp3) is 0.875. The van der Waals surface area contributed by atoms with E-state index in [0.29, 0.717) is 5.92 Å². The highest BCUT2D eigenvalue weighted by atomic mass is 16.4. The van der Waals surface area contributed by atoms with E-state index in [4.69, 9.17) is 10.8 Å². The summed E-state index contributed by atoms with van der Waals surface area (Å²) in [6.07, 6.45) is 1.79. The van der Waals surface area contributed by atoms with Gasteiger partial charge in [0.15, 0.2) is 0 Å². The highest BCUT2D eigenvalue weighted by Crippen LogP contribution is 2.22. The van der Waals surface area contributed by atoms with Crippen LogP contribution in [0.3, 0.4) is 0 Å². The molecule has 0 radical (unpaired) electrons. The molecule has 4 N–H and O–H groups in total. The standard InChI is InChI=1S/C8H16N2O2/c1-5-4-6(9)2-3-7(5)10-8(11)12/h5-7,10H,2-4,9H2,1H3,(H,11,12)/t5-,6-,7-/m1/s1. The molecule has 0 aromatic carbocycles. The lowest BCUT2D eigenvalue weighted by molar-refractivity contribution is 0.175. The first kappa shape index (κ1) is 9.32. The van der Waals surface area contributed by atoms with Gasteiger partial charge >= 0.3 is 6.09 Å². The molecule has 4 heteroatoms. The molecule has 12 heavy (non-hydrogen) atoms. The van der Waals surface area contributed by atoms with Crippen LogP contribution in [0.1, 0.15) is 26.2 Å². The second kappa shape index (κ2) is 3.76. The van der Waals surface area contributed by atoms with Crippen LogP contribution in [-0.4, -0.2) is 23.3 Å². The molecule has 0 unspecified atom stereocenters. The van der Waals surface area contributed by atoms with Crippen LogP contribution in [0.4, 0.5) is 4.79 Å². The van der Waals surface area contributed by atoms with Gasteiger partial charge in [-0.05, 0) is 25.2 Å². The van der Waals surface area contributed by atoms with Crippen LogP contribution in [-0.2, 0) is 0 Å². The van der Waals surface area contributed by atoms with Crippen molar-refractivity contribution in [1.29, 1.82) is 0 Å². The molecule has 0 bridgehead atoms. The van der Waals surface area contributed by atoms with E-state index in [1.165, 1.54) is 0 Å². The van der Waals surface area contributed by atoms with Gasteiger partial charge < -0.3 is 16.2 Å². The Morgan fingerprint density at radius 1 is 1.58 bits per heavy atom. The molecule has 1 saturated carbocycles.